The van der Waals surface area contributed by atoms with Gasteiger partial charge in [0.1, 0.15) is 0 Å². The highest BCUT2D eigenvalue weighted by Gasteiger charge is 2.32. The molecule has 0 unspecified atom stereocenters. The number of rotatable bonds is 2. The lowest BCUT2D eigenvalue weighted by Gasteiger charge is -2.36. The van der Waals surface area contributed by atoms with Crippen molar-refractivity contribution in [3.63, 3.8) is 0 Å². The van der Waals surface area contributed by atoms with Gasteiger partial charge in [-0.3, -0.25) is 4.79 Å². The van der Waals surface area contributed by atoms with Crippen molar-refractivity contribution in [2.24, 2.45) is 12.8 Å². The fourth-order valence-electron chi connectivity index (χ4n) is 1.74. The lowest BCUT2D eigenvalue weighted by molar-refractivity contribution is -0.391. The first-order chi connectivity index (χ1) is 7.50. The molecule has 0 aliphatic carbocycles. The predicted molar refractivity (Wildman–Crippen MR) is 55.9 cm³/mol. The number of likely N-dealkylation sites (tertiary alicyclic amines) is 1. The molecular formula is C9H12N4O3. The SMILES string of the molecule is Cn1c(C(=O)N2CC(N)C2)ccc1[N+](=O)[O-]. The number of aromatic nitrogens is 1. The molecule has 1 fully saturated rings. The number of carbonyl (C=O) groups excluding carboxylic acids is 1. The largest absolute Gasteiger partial charge is 0.358 e. The normalized spacial score (nSPS) is 16.0. The Hall–Kier alpha value is -1.89. The third-order valence-corrected chi connectivity index (χ3v) is 2.70. The Morgan fingerprint density at radius 1 is 1.56 bits per heavy atom. The van der Waals surface area contributed by atoms with Gasteiger partial charge in [0, 0.05) is 25.2 Å². The molecule has 7 nitrogen and oxygen atoms in total. The van der Waals surface area contributed by atoms with E-state index in [4.69, 9.17) is 5.73 Å². The van der Waals surface area contributed by atoms with Gasteiger partial charge in [-0.1, -0.05) is 0 Å². The van der Waals surface area contributed by atoms with Gasteiger partial charge in [0.2, 0.25) is 0 Å². The summed E-state index contributed by atoms with van der Waals surface area (Å²) in [4.78, 5) is 23.5. The minimum absolute atomic E-state index is 0.0270. The first-order valence-corrected chi connectivity index (χ1v) is 4.85. The number of carbonyl (C=O) groups is 1. The van der Waals surface area contributed by atoms with Crippen molar-refractivity contribution in [2.45, 2.75) is 6.04 Å². The minimum Gasteiger partial charge on any atom is -0.358 e. The highest BCUT2D eigenvalue weighted by molar-refractivity contribution is 5.94. The fourth-order valence-corrected chi connectivity index (χ4v) is 1.74. The smallest absolute Gasteiger partial charge is 0.323 e. The van der Waals surface area contributed by atoms with E-state index in [1.54, 1.807) is 4.90 Å². The van der Waals surface area contributed by atoms with Crippen molar-refractivity contribution in [1.82, 2.24) is 9.47 Å². The van der Waals surface area contributed by atoms with E-state index in [9.17, 15) is 14.9 Å². The summed E-state index contributed by atoms with van der Waals surface area (Å²) in [6.45, 7) is 1.02. The number of hydrogen-bond donors (Lipinski definition) is 1. The molecule has 0 spiro atoms. The zero-order chi connectivity index (χ0) is 11.9. The van der Waals surface area contributed by atoms with Crippen LogP contribution in [0.5, 0.6) is 0 Å². The quantitative estimate of drug-likeness (QED) is 0.552. The second-order valence-corrected chi connectivity index (χ2v) is 3.86. The summed E-state index contributed by atoms with van der Waals surface area (Å²) in [5, 5.41) is 10.6. The van der Waals surface area contributed by atoms with Gasteiger partial charge in [-0.25, -0.2) is 4.57 Å². The number of nitro groups is 1. The average Bonchev–Trinajstić information content (AvgIpc) is 2.54. The molecule has 0 radical (unpaired) electrons. The Labute approximate surface area is 91.6 Å². The Morgan fingerprint density at radius 2 is 2.19 bits per heavy atom. The molecule has 2 N–H and O–H groups in total. The summed E-state index contributed by atoms with van der Waals surface area (Å²) in [6, 6.07) is 2.82. The van der Waals surface area contributed by atoms with Crippen LogP contribution in [0.15, 0.2) is 12.1 Å². The molecule has 1 aromatic heterocycles. The highest BCUT2D eigenvalue weighted by Crippen LogP contribution is 2.18. The molecule has 0 bridgehead atoms. The van der Waals surface area contributed by atoms with Crippen LogP contribution in [0.1, 0.15) is 10.5 Å². The number of nitrogens with two attached hydrogens (primary N) is 1. The van der Waals surface area contributed by atoms with Crippen LogP contribution in [-0.4, -0.2) is 39.4 Å². The standard InChI is InChI=1S/C9H12N4O3/c1-11-7(2-3-8(11)13(15)16)9(14)12-4-6(10)5-12/h2-3,6H,4-5,10H2,1H3. The van der Waals surface area contributed by atoms with Crippen molar-refractivity contribution in [1.29, 1.82) is 0 Å². The predicted octanol–water partition coefficient (Wildman–Crippen LogP) is -0.284. The lowest BCUT2D eigenvalue weighted by Crippen LogP contribution is -2.58. The van der Waals surface area contributed by atoms with Crippen LogP contribution in [0.25, 0.3) is 0 Å². The van der Waals surface area contributed by atoms with E-state index in [-0.39, 0.29) is 17.8 Å². The summed E-state index contributed by atoms with van der Waals surface area (Å²) >= 11 is 0. The molecule has 1 saturated heterocycles. The monoisotopic (exact) mass is 224 g/mol. The maximum Gasteiger partial charge on any atom is 0.323 e. The molecule has 0 aromatic carbocycles. The van der Waals surface area contributed by atoms with E-state index in [1.165, 1.54) is 23.7 Å². The number of amides is 1. The molecule has 1 aliphatic heterocycles. The topological polar surface area (TPSA) is 94.4 Å². The van der Waals surface area contributed by atoms with Gasteiger partial charge in [-0.15, -0.1) is 0 Å². The van der Waals surface area contributed by atoms with Crippen LogP contribution >= 0.6 is 0 Å². The van der Waals surface area contributed by atoms with Crippen LogP contribution < -0.4 is 5.73 Å². The van der Waals surface area contributed by atoms with Crippen molar-refractivity contribution in [3.8, 4) is 0 Å². The zero-order valence-corrected chi connectivity index (χ0v) is 8.79. The fraction of sp³-hybridized carbons (Fsp3) is 0.444. The first-order valence-electron chi connectivity index (χ1n) is 4.85. The van der Waals surface area contributed by atoms with Crippen molar-refractivity contribution in [3.05, 3.63) is 27.9 Å². The minimum atomic E-state index is -0.515. The number of nitrogens with zero attached hydrogens (tertiary/aromatic N) is 3. The van der Waals surface area contributed by atoms with Crippen LogP contribution in [0.3, 0.4) is 0 Å². The molecule has 2 heterocycles. The summed E-state index contributed by atoms with van der Waals surface area (Å²) in [5.41, 5.74) is 5.89. The number of hydrogen-bond acceptors (Lipinski definition) is 4. The Morgan fingerprint density at radius 3 is 2.62 bits per heavy atom. The van der Waals surface area contributed by atoms with Crippen molar-refractivity contribution < 1.29 is 9.72 Å². The van der Waals surface area contributed by atoms with Crippen LogP contribution in [0.2, 0.25) is 0 Å². The van der Waals surface area contributed by atoms with Gasteiger partial charge in [0.15, 0.2) is 5.69 Å². The molecule has 0 saturated carbocycles. The third kappa shape index (κ3) is 1.54. The van der Waals surface area contributed by atoms with E-state index >= 15 is 0 Å². The van der Waals surface area contributed by atoms with Gasteiger partial charge in [-0.2, -0.15) is 0 Å². The molecule has 0 atom stereocenters. The van der Waals surface area contributed by atoms with Gasteiger partial charge >= 0.3 is 5.82 Å². The first kappa shape index (κ1) is 10.6. The lowest BCUT2D eigenvalue weighted by atomic mass is 10.1. The zero-order valence-electron chi connectivity index (χ0n) is 8.79. The molecule has 1 aliphatic rings. The molecule has 7 heteroatoms. The van der Waals surface area contributed by atoms with Gasteiger partial charge < -0.3 is 20.7 Å². The molecule has 2 rings (SSSR count). The van der Waals surface area contributed by atoms with Gasteiger partial charge in [0.05, 0.1) is 7.05 Å². The van der Waals surface area contributed by atoms with Crippen molar-refractivity contribution >= 4 is 11.7 Å². The summed E-state index contributed by atoms with van der Waals surface area (Å²) < 4.78 is 1.28. The molecule has 86 valence electrons. The van der Waals surface area contributed by atoms with E-state index in [0.29, 0.717) is 18.8 Å². The third-order valence-electron chi connectivity index (χ3n) is 2.70. The average molecular weight is 224 g/mol. The Kier molecular flexibility index (Phi) is 2.39. The van der Waals surface area contributed by atoms with Gasteiger partial charge in [-0.05, 0) is 11.0 Å². The van der Waals surface area contributed by atoms with E-state index in [0.717, 1.165) is 0 Å². The Bertz CT molecular complexity index is 448. The van der Waals surface area contributed by atoms with E-state index in [2.05, 4.69) is 0 Å². The molecule has 1 amide bonds. The van der Waals surface area contributed by atoms with Gasteiger partial charge in [0.25, 0.3) is 5.91 Å². The maximum atomic E-state index is 11.9. The molecule has 1 aromatic rings. The van der Waals surface area contributed by atoms with Crippen LogP contribution in [0.4, 0.5) is 5.82 Å². The van der Waals surface area contributed by atoms with Crippen LogP contribution in [0, 0.1) is 10.1 Å². The summed E-state index contributed by atoms with van der Waals surface area (Å²) in [7, 11) is 1.51. The maximum absolute atomic E-state index is 11.9. The summed E-state index contributed by atoms with van der Waals surface area (Å²) in [5.74, 6) is -0.300. The van der Waals surface area contributed by atoms with Crippen molar-refractivity contribution in [2.75, 3.05) is 13.1 Å². The molecule has 16 heavy (non-hydrogen) atoms. The van der Waals surface area contributed by atoms with E-state index < -0.39 is 4.92 Å². The Balaban J connectivity index is 2.21. The molecular weight excluding hydrogens is 212 g/mol. The van der Waals surface area contributed by atoms with E-state index in [1.807, 2.05) is 0 Å². The highest BCUT2D eigenvalue weighted by atomic mass is 16.6. The second kappa shape index (κ2) is 3.60. The van der Waals surface area contributed by atoms with Crippen LogP contribution in [-0.2, 0) is 7.05 Å². The second-order valence-electron chi connectivity index (χ2n) is 3.86. The summed E-state index contributed by atoms with van der Waals surface area (Å²) in [6.07, 6.45) is 0.